The molecule has 0 N–H and O–H groups in total. The van der Waals surface area contributed by atoms with Crippen molar-refractivity contribution in [3.63, 3.8) is 0 Å². The van der Waals surface area contributed by atoms with Crippen molar-refractivity contribution in [2.75, 3.05) is 30.1 Å². The Kier molecular flexibility index (Phi) is 9.94. The first-order chi connectivity index (χ1) is 5.35. The van der Waals surface area contributed by atoms with Gasteiger partial charge in [0.2, 0.25) is 0 Å². The van der Waals surface area contributed by atoms with Crippen molar-refractivity contribution in [3.8, 4) is 0 Å². The predicted octanol–water partition coefficient (Wildman–Crippen LogP) is 2.59. The molecule has 0 aromatic rings. The summed E-state index contributed by atoms with van der Waals surface area (Å²) in [6.07, 6.45) is 2.13. The molecule has 0 bridgehead atoms. The molecule has 1 unspecified atom stereocenters. The van der Waals surface area contributed by atoms with Crippen molar-refractivity contribution < 1.29 is 5.11 Å². The van der Waals surface area contributed by atoms with Crippen molar-refractivity contribution >= 4 is 35.3 Å². The molecule has 0 saturated carbocycles. The Balaban J connectivity index is 3.20. The minimum absolute atomic E-state index is 0.0581. The third kappa shape index (κ3) is 7.37. The van der Waals surface area contributed by atoms with E-state index in [1.807, 2.05) is 23.5 Å². The number of thioether (sulfide) groups is 3. The Hall–Kier alpha value is 1.01. The Morgan fingerprint density at radius 1 is 1.45 bits per heavy atom. The van der Waals surface area contributed by atoms with Gasteiger partial charge in [-0.05, 0) is 12.0 Å². The second-order valence-corrected chi connectivity index (χ2v) is 5.87. The van der Waals surface area contributed by atoms with Crippen LogP contribution in [0.3, 0.4) is 0 Å². The van der Waals surface area contributed by atoms with Gasteiger partial charge >= 0.3 is 0 Å². The summed E-state index contributed by atoms with van der Waals surface area (Å²) in [5, 5.41) is 10.1. The molecule has 0 aliphatic carbocycles. The molecule has 0 fully saturated rings. The molecule has 0 aliphatic heterocycles. The summed E-state index contributed by atoms with van der Waals surface area (Å²) >= 11 is 5.62. The zero-order valence-corrected chi connectivity index (χ0v) is 9.49. The average Bonchev–Trinajstić information content (AvgIpc) is 2.03. The highest BCUT2D eigenvalue weighted by Gasteiger charge is 2.04. The number of rotatable bonds is 7. The second kappa shape index (κ2) is 9.10. The van der Waals surface area contributed by atoms with E-state index < -0.39 is 0 Å². The monoisotopic (exact) mass is 211 g/mol. The lowest BCUT2D eigenvalue weighted by atomic mass is 10.9. The molecule has 0 aromatic carbocycles. The van der Waals surface area contributed by atoms with Crippen LogP contribution in [0.25, 0.3) is 0 Å². The van der Waals surface area contributed by atoms with Crippen molar-refractivity contribution in [3.05, 3.63) is 0 Å². The van der Waals surface area contributed by atoms with Gasteiger partial charge in [-0.15, -0.1) is 11.8 Å². The molecule has 67 valence electrons. The van der Waals surface area contributed by atoms with Crippen molar-refractivity contribution in [2.24, 2.45) is 0 Å². The minimum Gasteiger partial charge on any atom is -0.236 e. The Morgan fingerprint density at radius 3 is 2.64 bits per heavy atom. The molecule has 0 spiro atoms. The summed E-state index contributed by atoms with van der Waals surface area (Å²) in [5.74, 6) is 3.05. The first-order valence-corrected chi connectivity index (χ1v) is 7.14. The van der Waals surface area contributed by atoms with Gasteiger partial charge in [0.1, 0.15) is 0 Å². The summed E-state index contributed by atoms with van der Waals surface area (Å²) in [4.78, 5) is 0. The van der Waals surface area contributed by atoms with E-state index >= 15 is 0 Å². The molecule has 0 heterocycles. The topological polar surface area (TPSA) is 19.9 Å². The van der Waals surface area contributed by atoms with E-state index in [1.54, 1.807) is 11.8 Å². The van der Waals surface area contributed by atoms with Gasteiger partial charge in [0.05, 0.1) is 11.2 Å². The molecule has 1 atom stereocenters. The predicted molar refractivity (Wildman–Crippen MR) is 58.3 cm³/mol. The van der Waals surface area contributed by atoms with Crippen LogP contribution in [0.5, 0.6) is 0 Å². The van der Waals surface area contributed by atoms with Crippen molar-refractivity contribution in [1.82, 2.24) is 0 Å². The van der Waals surface area contributed by atoms with Gasteiger partial charge in [0.25, 0.3) is 0 Å². The summed E-state index contributed by atoms with van der Waals surface area (Å²) < 4.78 is 0.677. The quantitative estimate of drug-likeness (QED) is 0.477. The van der Waals surface area contributed by atoms with Crippen LogP contribution < -0.4 is 0 Å². The van der Waals surface area contributed by atoms with Gasteiger partial charge in [0.15, 0.2) is 0 Å². The third-order valence-corrected chi connectivity index (χ3v) is 5.09. The molecule has 0 saturated heterocycles. The average molecular weight is 211 g/mol. The van der Waals surface area contributed by atoms with Crippen LogP contribution in [0.15, 0.2) is 0 Å². The van der Waals surface area contributed by atoms with Gasteiger partial charge in [-0.1, -0.05) is 6.92 Å². The van der Waals surface area contributed by atoms with Crippen LogP contribution in [0.4, 0.5) is 0 Å². The van der Waals surface area contributed by atoms with Crippen LogP contribution in [0.1, 0.15) is 6.92 Å². The fourth-order valence-corrected chi connectivity index (χ4v) is 3.92. The number of hydrogen-bond acceptors (Lipinski definition) is 3. The van der Waals surface area contributed by atoms with E-state index in [0.717, 1.165) is 11.5 Å². The molecular formula is C7H15OS3. The molecule has 0 aliphatic rings. The fraction of sp³-hybridized carbons (Fsp3) is 1.00. The second-order valence-electron chi connectivity index (χ2n) is 1.90. The molecular weight excluding hydrogens is 196 g/mol. The van der Waals surface area contributed by atoms with Crippen LogP contribution in [-0.4, -0.2) is 34.7 Å². The normalized spacial score (nSPS) is 13.4. The van der Waals surface area contributed by atoms with Crippen molar-refractivity contribution in [2.45, 2.75) is 11.5 Å². The zero-order valence-electron chi connectivity index (χ0n) is 7.04. The molecule has 1 nitrogen and oxygen atoms in total. The lowest BCUT2D eigenvalue weighted by Gasteiger charge is -2.11. The van der Waals surface area contributed by atoms with Crippen LogP contribution in [-0.2, 0) is 5.11 Å². The van der Waals surface area contributed by atoms with Gasteiger partial charge in [-0.25, -0.2) is 5.11 Å². The molecule has 1 radical (unpaired) electrons. The molecule has 0 aromatic heterocycles. The lowest BCUT2D eigenvalue weighted by molar-refractivity contribution is 0.215. The molecule has 0 rings (SSSR count). The summed E-state index contributed by atoms with van der Waals surface area (Å²) in [7, 11) is 0. The third-order valence-electron chi connectivity index (χ3n) is 1.10. The molecule has 11 heavy (non-hydrogen) atoms. The Labute approximate surface area is 82.1 Å². The maximum absolute atomic E-state index is 10.1. The summed E-state index contributed by atoms with van der Waals surface area (Å²) in [5.41, 5.74) is 0. The van der Waals surface area contributed by atoms with Crippen LogP contribution >= 0.6 is 35.3 Å². The van der Waals surface area contributed by atoms with E-state index in [-0.39, 0.29) is 6.61 Å². The Morgan fingerprint density at radius 2 is 2.18 bits per heavy atom. The number of hydrogen-bond donors (Lipinski definition) is 0. The highest BCUT2D eigenvalue weighted by atomic mass is 32.2. The van der Waals surface area contributed by atoms with E-state index in [2.05, 4.69) is 13.2 Å². The first kappa shape index (κ1) is 12.0. The minimum atomic E-state index is 0.0581. The van der Waals surface area contributed by atoms with Gasteiger partial charge in [-0.3, -0.25) is 0 Å². The molecule has 0 amide bonds. The maximum atomic E-state index is 10.1. The Bertz CT molecular complexity index is 80.1. The smallest absolute Gasteiger partial charge is 0.0912 e. The van der Waals surface area contributed by atoms with E-state index in [0.29, 0.717) is 4.58 Å². The zero-order chi connectivity index (χ0) is 8.53. The van der Waals surface area contributed by atoms with E-state index in [1.165, 1.54) is 5.75 Å². The van der Waals surface area contributed by atoms with Gasteiger partial charge in [0, 0.05) is 11.5 Å². The first-order valence-electron chi connectivity index (χ1n) is 3.65. The SMILES string of the molecule is CCSC(CSCC[O])SC. The highest BCUT2D eigenvalue weighted by Crippen LogP contribution is 2.24. The molecule has 4 heteroatoms. The summed E-state index contributed by atoms with van der Waals surface area (Å²) in [6, 6.07) is 0. The maximum Gasteiger partial charge on any atom is 0.0912 e. The van der Waals surface area contributed by atoms with Gasteiger partial charge in [-0.2, -0.15) is 23.5 Å². The lowest BCUT2D eigenvalue weighted by Crippen LogP contribution is -2.01. The standard InChI is InChI=1S/C7H15OS3/c1-3-11-7(9-2)6-10-5-4-8/h7H,3-6H2,1-2H3. The van der Waals surface area contributed by atoms with E-state index in [9.17, 15) is 5.11 Å². The van der Waals surface area contributed by atoms with Crippen LogP contribution in [0, 0.1) is 0 Å². The van der Waals surface area contributed by atoms with Gasteiger partial charge < -0.3 is 0 Å². The summed E-state index contributed by atoms with van der Waals surface area (Å²) in [6.45, 7) is 2.23. The largest absolute Gasteiger partial charge is 0.236 e. The fourth-order valence-electron chi connectivity index (χ4n) is 0.609. The van der Waals surface area contributed by atoms with Crippen LogP contribution in [0.2, 0.25) is 0 Å². The highest BCUT2D eigenvalue weighted by molar-refractivity contribution is 8.17. The van der Waals surface area contributed by atoms with E-state index in [4.69, 9.17) is 0 Å². The van der Waals surface area contributed by atoms with Crippen molar-refractivity contribution in [1.29, 1.82) is 0 Å².